The van der Waals surface area contributed by atoms with E-state index in [4.69, 9.17) is 0 Å². The van der Waals surface area contributed by atoms with Gasteiger partial charge in [-0.15, -0.1) is 0 Å². The molecule has 0 unspecified atom stereocenters. The lowest BCUT2D eigenvalue weighted by Crippen LogP contribution is -2.54. The van der Waals surface area contributed by atoms with Crippen LogP contribution >= 0.6 is 0 Å². The summed E-state index contributed by atoms with van der Waals surface area (Å²) in [4.78, 5) is 29.8. The molecule has 0 saturated carbocycles. The lowest BCUT2D eigenvalue weighted by Gasteiger charge is -2.34. The van der Waals surface area contributed by atoms with Gasteiger partial charge in [-0.05, 0) is 50.3 Å². The molecule has 0 aromatic heterocycles. The Morgan fingerprint density at radius 3 is 2.17 bits per heavy atom. The fourth-order valence-electron chi connectivity index (χ4n) is 3.48. The summed E-state index contributed by atoms with van der Waals surface area (Å²) in [5.41, 5.74) is 2.73. The molecule has 0 spiro atoms. The molecule has 6 nitrogen and oxygen atoms in total. The number of carbonyl (C=O) groups is 2. The lowest BCUT2D eigenvalue weighted by atomic mass is 10.0. The van der Waals surface area contributed by atoms with Crippen LogP contribution in [-0.4, -0.2) is 74.5 Å². The van der Waals surface area contributed by atoms with Crippen LogP contribution in [0, 0.1) is 0 Å². The van der Waals surface area contributed by atoms with E-state index in [0.717, 1.165) is 24.2 Å². The molecule has 1 atom stereocenters. The summed E-state index contributed by atoms with van der Waals surface area (Å²) in [6.45, 7) is 3.79. The van der Waals surface area contributed by atoms with Gasteiger partial charge in [0.15, 0.2) is 0 Å². The van der Waals surface area contributed by atoms with Gasteiger partial charge in [0.1, 0.15) is 6.04 Å². The largest absolute Gasteiger partial charge is 0.340 e. The van der Waals surface area contributed by atoms with Gasteiger partial charge in [0.2, 0.25) is 5.91 Å². The smallest absolute Gasteiger partial charge is 0.251 e. The number of benzene rings is 2. The van der Waals surface area contributed by atoms with Crippen molar-refractivity contribution in [3.63, 3.8) is 0 Å². The highest BCUT2D eigenvalue weighted by atomic mass is 16.2. The third-order valence-electron chi connectivity index (χ3n) is 5.36. The van der Waals surface area contributed by atoms with Gasteiger partial charge in [-0.3, -0.25) is 9.59 Å². The summed E-state index contributed by atoms with van der Waals surface area (Å²) in [6.07, 6.45) is 0.565. The van der Waals surface area contributed by atoms with Gasteiger partial charge in [0, 0.05) is 31.7 Å². The zero-order chi connectivity index (χ0) is 20.6. The molecule has 3 rings (SSSR count). The van der Waals surface area contributed by atoms with Crippen molar-refractivity contribution in [2.45, 2.75) is 12.5 Å². The number of nitrogens with zero attached hydrogens (tertiary/aromatic N) is 2. The minimum atomic E-state index is -0.521. The molecule has 1 aliphatic rings. The van der Waals surface area contributed by atoms with Crippen LogP contribution in [0.25, 0.3) is 11.1 Å². The van der Waals surface area contributed by atoms with E-state index in [9.17, 15) is 9.59 Å². The molecule has 2 aromatic rings. The second kappa shape index (κ2) is 10.2. The van der Waals surface area contributed by atoms with E-state index in [1.807, 2.05) is 66.5 Å². The maximum absolute atomic E-state index is 13.0. The molecular formula is C23H30N4O2. The first kappa shape index (κ1) is 21.0. The van der Waals surface area contributed by atoms with Gasteiger partial charge >= 0.3 is 0 Å². The predicted octanol–water partition coefficient (Wildman–Crippen LogP) is 1.84. The topological polar surface area (TPSA) is 64.7 Å². The highest BCUT2D eigenvalue weighted by Gasteiger charge is 2.27. The van der Waals surface area contributed by atoms with Crippen LogP contribution in [0.1, 0.15) is 16.8 Å². The minimum Gasteiger partial charge on any atom is -0.340 e. The Labute approximate surface area is 172 Å². The van der Waals surface area contributed by atoms with Crippen LogP contribution in [0.2, 0.25) is 0 Å². The fraction of sp³-hybridized carbons (Fsp3) is 0.391. The van der Waals surface area contributed by atoms with E-state index in [1.54, 1.807) is 0 Å². The summed E-state index contributed by atoms with van der Waals surface area (Å²) < 4.78 is 0. The zero-order valence-corrected chi connectivity index (χ0v) is 17.2. The minimum absolute atomic E-state index is 0.00241. The number of hydrogen-bond acceptors (Lipinski definition) is 4. The van der Waals surface area contributed by atoms with Crippen molar-refractivity contribution < 1.29 is 9.59 Å². The number of piperazine rings is 1. The van der Waals surface area contributed by atoms with Crippen molar-refractivity contribution in [3.8, 4) is 11.1 Å². The van der Waals surface area contributed by atoms with Gasteiger partial charge in [-0.2, -0.15) is 0 Å². The Balaban J connectivity index is 1.66. The van der Waals surface area contributed by atoms with E-state index in [0.29, 0.717) is 31.6 Å². The maximum atomic E-state index is 13.0. The second-order valence-corrected chi connectivity index (χ2v) is 7.49. The quantitative estimate of drug-likeness (QED) is 0.752. The van der Waals surface area contributed by atoms with Crippen molar-refractivity contribution in [3.05, 3.63) is 60.2 Å². The summed E-state index contributed by atoms with van der Waals surface area (Å²) in [6, 6.07) is 17.0. The van der Waals surface area contributed by atoms with E-state index >= 15 is 0 Å². The third kappa shape index (κ3) is 5.65. The molecule has 29 heavy (non-hydrogen) atoms. The van der Waals surface area contributed by atoms with E-state index in [1.165, 1.54) is 0 Å². The summed E-state index contributed by atoms with van der Waals surface area (Å²) in [5.74, 6) is -0.212. The maximum Gasteiger partial charge on any atom is 0.251 e. The molecule has 2 aromatic carbocycles. The molecule has 2 amide bonds. The molecule has 154 valence electrons. The molecule has 0 bridgehead atoms. The Hall–Kier alpha value is -2.70. The third-order valence-corrected chi connectivity index (χ3v) is 5.36. The highest BCUT2D eigenvalue weighted by Crippen LogP contribution is 2.19. The van der Waals surface area contributed by atoms with Gasteiger partial charge in [-0.25, -0.2) is 0 Å². The summed E-state index contributed by atoms with van der Waals surface area (Å²) in [7, 11) is 3.91. The van der Waals surface area contributed by atoms with Gasteiger partial charge in [0.25, 0.3) is 5.91 Å². The Bertz CT molecular complexity index is 799. The number of nitrogens with one attached hydrogen (secondary N) is 2. The zero-order valence-electron chi connectivity index (χ0n) is 17.2. The predicted molar refractivity (Wildman–Crippen MR) is 116 cm³/mol. The van der Waals surface area contributed by atoms with Crippen molar-refractivity contribution >= 4 is 11.8 Å². The van der Waals surface area contributed by atoms with Crippen molar-refractivity contribution in [2.75, 3.05) is 46.8 Å². The number of amides is 2. The number of hydrogen-bond donors (Lipinski definition) is 2. The van der Waals surface area contributed by atoms with Crippen LogP contribution in [-0.2, 0) is 4.79 Å². The molecular weight excluding hydrogens is 364 g/mol. The number of carbonyl (C=O) groups excluding carboxylic acids is 2. The first-order valence-corrected chi connectivity index (χ1v) is 10.2. The monoisotopic (exact) mass is 394 g/mol. The Morgan fingerprint density at radius 2 is 1.55 bits per heavy atom. The van der Waals surface area contributed by atoms with Gasteiger partial charge in [-0.1, -0.05) is 42.5 Å². The average molecular weight is 395 g/mol. The summed E-state index contributed by atoms with van der Waals surface area (Å²) in [5, 5.41) is 6.02. The van der Waals surface area contributed by atoms with Crippen LogP contribution in [0.3, 0.4) is 0 Å². The van der Waals surface area contributed by atoms with Crippen LogP contribution < -0.4 is 10.6 Å². The molecule has 0 aliphatic carbocycles. The van der Waals surface area contributed by atoms with Gasteiger partial charge in [0.05, 0.1) is 0 Å². The van der Waals surface area contributed by atoms with Crippen LogP contribution in [0.4, 0.5) is 0 Å². The standard InChI is InChI=1S/C23H30N4O2/c1-24-13-12-21(23(29)27-16-14-26(2)15-17-27)25-22(28)20-10-8-19(9-11-20)18-6-4-3-5-7-18/h3-11,21,24H,12-17H2,1-2H3,(H,25,28)/t21-/m0/s1. The van der Waals surface area contributed by atoms with Gasteiger partial charge < -0.3 is 20.4 Å². The lowest BCUT2D eigenvalue weighted by molar-refractivity contribution is -0.135. The first-order valence-electron chi connectivity index (χ1n) is 10.2. The molecule has 1 aliphatic heterocycles. The fourth-order valence-corrected chi connectivity index (χ4v) is 3.48. The van der Waals surface area contributed by atoms with Crippen molar-refractivity contribution in [2.24, 2.45) is 0 Å². The Kier molecular flexibility index (Phi) is 7.38. The first-order chi connectivity index (χ1) is 14.1. The molecule has 1 saturated heterocycles. The van der Waals surface area contributed by atoms with Crippen LogP contribution in [0.5, 0.6) is 0 Å². The molecule has 1 heterocycles. The molecule has 6 heteroatoms. The highest BCUT2D eigenvalue weighted by molar-refractivity contribution is 5.98. The normalized spacial score (nSPS) is 15.7. The number of rotatable bonds is 7. The summed E-state index contributed by atoms with van der Waals surface area (Å²) >= 11 is 0. The van der Waals surface area contributed by atoms with Crippen molar-refractivity contribution in [1.82, 2.24) is 20.4 Å². The van der Waals surface area contributed by atoms with E-state index in [2.05, 4.69) is 22.6 Å². The molecule has 0 radical (unpaired) electrons. The molecule has 1 fully saturated rings. The van der Waals surface area contributed by atoms with E-state index < -0.39 is 6.04 Å². The molecule has 2 N–H and O–H groups in total. The second-order valence-electron chi connectivity index (χ2n) is 7.49. The van der Waals surface area contributed by atoms with Crippen LogP contribution in [0.15, 0.2) is 54.6 Å². The number of likely N-dealkylation sites (N-methyl/N-ethyl adjacent to an activating group) is 1. The average Bonchev–Trinajstić information content (AvgIpc) is 2.77. The van der Waals surface area contributed by atoms with Crippen molar-refractivity contribution in [1.29, 1.82) is 0 Å². The van der Waals surface area contributed by atoms with E-state index in [-0.39, 0.29) is 11.8 Å². The Morgan fingerprint density at radius 1 is 0.931 bits per heavy atom. The SMILES string of the molecule is CNCC[C@H](NC(=O)c1ccc(-c2ccccc2)cc1)C(=O)N1CCN(C)CC1.